The highest BCUT2D eigenvalue weighted by atomic mass is 35.5. The zero-order valence-electron chi connectivity index (χ0n) is 6.61. The summed E-state index contributed by atoms with van der Waals surface area (Å²) in [6.07, 6.45) is 0. The lowest BCUT2D eigenvalue weighted by atomic mass is 10.2. The van der Waals surface area contributed by atoms with E-state index >= 15 is 0 Å². The Kier molecular flexibility index (Phi) is 3.42. The fraction of sp³-hybridized carbons (Fsp3) is 0.125. The molecule has 0 N–H and O–H groups in total. The lowest BCUT2D eigenvalue weighted by Gasteiger charge is -2.07. The van der Waals surface area contributed by atoms with E-state index in [9.17, 15) is 4.79 Å². The van der Waals surface area contributed by atoms with E-state index in [1.165, 1.54) is 19.2 Å². The number of carbonyl (C=O) groups excluding carboxylic acids is 1. The maximum atomic E-state index is 10.9. The first kappa shape index (κ1) is 10.6. The number of hydrogen-bond acceptors (Lipinski definition) is 2. The largest absolute Gasteiger partial charge is 0.494 e. The van der Waals surface area contributed by atoms with Gasteiger partial charge in [-0.25, -0.2) is 0 Å². The van der Waals surface area contributed by atoms with Gasteiger partial charge >= 0.3 is 0 Å². The van der Waals surface area contributed by atoms with Crippen molar-refractivity contribution >= 4 is 40.0 Å². The van der Waals surface area contributed by atoms with Gasteiger partial charge in [0, 0.05) is 0 Å². The maximum absolute atomic E-state index is 10.9. The first-order valence-electron chi connectivity index (χ1n) is 3.29. The molecule has 0 heterocycles. The van der Waals surface area contributed by atoms with Crippen molar-refractivity contribution in [1.82, 2.24) is 0 Å². The van der Waals surface area contributed by atoms with Gasteiger partial charge in [-0.3, -0.25) is 4.79 Å². The molecule has 0 aliphatic rings. The molecule has 70 valence electrons. The van der Waals surface area contributed by atoms with Crippen LogP contribution in [0, 0.1) is 0 Å². The fourth-order valence-electron chi connectivity index (χ4n) is 0.916. The van der Waals surface area contributed by atoms with E-state index in [2.05, 4.69) is 0 Å². The summed E-state index contributed by atoms with van der Waals surface area (Å²) in [7, 11) is 1.39. The van der Waals surface area contributed by atoms with Crippen molar-refractivity contribution < 1.29 is 9.53 Å². The number of halogens is 3. The van der Waals surface area contributed by atoms with Gasteiger partial charge in [-0.2, -0.15) is 0 Å². The van der Waals surface area contributed by atoms with Crippen LogP contribution in [0.5, 0.6) is 5.75 Å². The molecule has 2 nitrogen and oxygen atoms in total. The van der Waals surface area contributed by atoms with Gasteiger partial charge in [0.25, 0.3) is 5.24 Å². The van der Waals surface area contributed by atoms with Crippen LogP contribution in [0.3, 0.4) is 0 Å². The summed E-state index contributed by atoms with van der Waals surface area (Å²) in [4.78, 5) is 10.9. The fourth-order valence-corrected chi connectivity index (χ4v) is 1.62. The lowest BCUT2D eigenvalue weighted by Crippen LogP contribution is -1.97. The minimum absolute atomic E-state index is 0.0957. The third-order valence-electron chi connectivity index (χ3n) is 1.46. The van der Waals surface area contributed by atoms with Crippen LogP contribution in [0.2, 0.25) is 10.0 Å². The van der Waals surface area contributed by atoms with Crippen molar-refractivity contribution in [1.29, 1.82) is 0 Å². The standard InChI is InChI=1S/C8H5Cl3O2/c1-13-7-5(10)3-2-4(9)6(7)8(11)12/h2-3H,1H3. The molecule has 0 radical (unpaired) electrons. The summed E-state index contributed by atoms with van der Waals surface area (Å²) in [5, 5.41) is -0.165. The molecule has 0 bridgehead atoms. The van der Waals surface area contributed by atoms with E-state index in [1.807, 2.05) is 0 Å². The second-order valence-electron chi connectivity index (χ2n) is 2.21. The van der Waals surface area contributed by atoms with Gasteiger partial charge in [-0.1, -0.05) is 23.2 Å². The van der Waals surface area contributed by atoms with Gasteiger partial charge in [0.15, 0.2) is 5.75 Å². The number of ether oxygens (including phenoxy) is 1. The molecule has 1 rings (SSSR count). The molecule has 0 aromatic heterocycles. The predicted octanol–water partition coefficient (Wildman–Crippen LogP) is 3.38. The Hall–Kier alpha value is -0.440. The minimum atomic E-state index is -0.690. The third-order valence-corrected chi connectivity index (χ3v) is 2.26. The number of hydrogen-bond donors (Lipinski definition) is 0. The second kappa shape index (κ2) is 4.18. The van der Waals surface area contributed by atoms with Gasteiger partial charge in [0.05, 0.1) is 22.7 Å². The molecule has 0 fully saturated rings. The smallest absolute Gasteiger partial charge is 0.257 e. The SMILES string of the molecule is COc1c(Cl)ccc(Cl)c1C(=O)Cl. The van der Waals surface area contributed by atoms with Crippen LogP contribution >= 0.6 is 34.8 Å². The van der Waals surface area contributed by atoms with Crippen LogP contribution in [-0.4, -0.2) is 12.4 Å². The molecule has 0 amide bonds. The summed E-state index contributed by atoms with van der Waals surface area (Å²) in [5.74, 6) is 0.203. The zero-order chi connectivity index (χ0) is 10.0. The van der Waals surface area contributed by atoms with E-state index in [4.69, 9.17) is 39.5 Å². The number of rotatable bonds is 2. The molecule has 0 unspecified atom stereocenters. The van der Waals surface area contributed by atoms with Gasteiger partial charge < -0.3 is 4.74 Å². The van der Waals surface area contributed by atoms with Crippen molar-refractivity contribution in [2.75, 3.05) is 7.11 Å². The van der Waals surface area contributed by atoms with E-state index in [0.29, 0.717) is 5.02 Å². The quantitative estimate of drug-likeness (QED) is 0.740. The first-order valence-corrected chi connectivity index (χ1v) is 4.43. The minimum Gasteiger partial charge on any atom is -0.494 e. The van der Waals surface area contributed by atoms with Crippen LogP contribution < -0.4 is 4.74 Å². The van der Waals surface area contributed by atoms with Crippen LogP contribution in [0.25, 0.3) is 0 Å². The first-order chi connectivity index (χ1) is 6.07. The van der Waals surface area contributed by atoms with E-state index in [1.54, 1.807) is 0 Å². The molecule has 0 spiro atoms. The van der Waals surface area contributed by atoms with Gasteiger partial charge in [0.1, 0.15) is 0 Å². The van der Waals surface area contributed by atoms with E-state index in [-0.39, 0.29) is 16.3 Å². The Morgan fingerprint density at radius 2 is 1.85 bits per heavy atom. The number of benzene rings is 1. The summed E-state index contributed by atoms with van der Waals surface area (Å²) >= 11 is 16.8. The summed E-state index contributed by atoms with van der Waals surface area (Å²) in [6.45, 7) is 0. The molecule has 0 atom stereocenters. The molecule has 1 aromatic rings. The Labute approximate surface area is 90.3 Å². The van der Waals surface area contributed by atoms with Crippen molar-refractivity contribution in [2.24, 2.45) is 0 Å². The summed E-state index contributed by atoms with van der Waals surface area (Å²) < 4.78 is 4.90. The van der Waals surface area contributed by atoms with Gasteiger partial charge in [-0.15, -0.1) is 0 Å². The maximum Gasteiger partial charge on any atom is 0.257 e. The zero-order valence-corrected chi connectivity index (χ0v) is 8.87. The highest BCUT2D eigenvalue weighted by Crippen LogP contribution is 2.34. The van der Waals surface area contributed by atoms with Crippen molar-refractivity contribution in [2.45, 2.75) is 0 Å². The highest BCUT2D eigenvalue weighted by molar-refractivity contribution is 6.69. The van der Waals surface area contributed by atoms with Crippen molar-refractivity contribution in [3.8, 4) is 5.75 Å². The van der Waals surface area contributed by atoms with E-state index < -0.39 is 5.24 Å². The Morgan fingerprint density at radius 3 is 2.23 bits per heavy atom. The van der Waals surface area contributed by atoms with Crippen LogP contribution in [0.4, 0.5) is 0 Å². The molecule has 0 saturated heterocycles. The van der Waals surface area contributed by atoms with Gasteiger partial charge in [-0.05, 0) is 23.7 Å². The third kappa shape index (κ3) is 2.08. The average Bonchev–Trinajstić information content (AvgIpc) is 2.07. The van der Waals surface area contributed by atoms with Crippen LogP contribution in [-0.2, 0) is 0 Å². The molecule has 1 aromatic carbocycles. The molecule has 0 aliphatic carbocycles. The van der Waals surface area contributed by atoms with Crippen LogP contribution in [0.1, 0.15) is 10.4 Å². The van der Waals surface area contributed by atoms with Gasteiger partial charge in [0.2, 0.25) is 0 Å². The summed E-state index contributed by atoms with van der Waals surface area (Å²) in [5.41, 5.74) is 0.0957. The second-order valence-corrected chi connectivity index (χ2v) is 3.37. The predicted molar refractivity (Wildman–Crippen MR) is 53.2 cm³/mol. The number of methoxy groups -OCH3 is 1. The lowest BCUT2D eigenvalue weighted by molar-refractivity contribution is 0.107. The molecule has 5 heteroatoms. The molecular weight excluding hydrogens is 234 g/mol. The normalized spacial score (nSPS) is 9.85. The Bertz CT molecular complexity index is 349. The molecule has 13 heavy (non-hydrogen) atoms. The average molecular weight is 239 g/mol. The topological polar surface area (TPSA) is 26.3 Å². The summed E-state index contributed by atoms with van der Waals surface area (Å²) in [6, 6.07) is 3.02. The Balaban J connectivity index is 3.43. The molecule has 0 aliphatic heterocycles. The van der Waals surface area contributed by atoms with Crippen molar-refractivity contribution in [3.63, 3.8) is 0 Å². The number of carbonyl (C=O) groups is 1. The molecular formula is C8H5Cl3O2. The van der Waals surface area contributed by atoms with E-state index in [0.717, 1.165) is 0 Å². The van der Waals surface area contributed by atoms with Crippen molar-refractivity contribution in [3.05, 3.63) is 27.7 Å². The monoisotopic (exact) mass is 238 g/mol. The molecule has 0 saturated carbocycles. The Morgan fingerprint density at radius 1 is 1.31 bits per heavy atom. The highest BCUT2D eigenvalue weighted by Gasteiger charge is 2.17. The van der Waals surface area contributed by atoms with Crippen LogP contribution in [0.15, 0.2) is 12.1 Å².